The first-order valence-electron chi connectivity index (χ1n) is 7.72. The lowest BCUT2D eigenvalue weighted by Gasteiger charge is -2.17. The molecule has 0 spiro atoms. The van der Waals surface area contributed by atoms with Gasteiger partial charge in [0.05, 0.1) is 6.61 Å². The zero-order valence-electron chi connectivity index (χ0n) is 13.3. The molecular weight excluding hydrogens is 365 g/mol. The highest BCUT2D eigenvalue weighted by Gasteiger charge is 2.13. The van der Waals surface area contributed by atoms with E-state index in [0.29, 0.717) is 6.61 Å². The molecule has 0 saturated heterocycles. The predicted molar refractivity (Wildman–Crippen MR) is 97.1 cm³/mol. The van der Waals surface area contributed by atoms with Crippen molar-refractivity contribution >= 4 is 29.9 Å². The molecule has 0 bridgehead atoms. The van der Waals surface area contributed by atoms with Gasteiger partial charge in [-0.2, -0.15) is 0 Å². The summed E-state index contributed by atoms with van der Waals surface area (Å²) in [6.45, 7) is 3.80. The van der Waals surface area contributed by atoms with Crippen molar-refractivity contribution in [2.75, 3.05) is 27.3 Å². The van der Waals surface area contributed by atoms with Gasteiger partial charge in [-0.25, -0.2) is 0 Å². The van der Waals surface area contributed by atoms with Crippen LogP contribution in [-0.2, 0) is 4.74 Å². The number of nitrogens with zero attached hydrogens (tertiary/aromatic N) is 1. The van der Waals surface area contributed by atoms with Crippen molar-refractivity contribution in [1.82, 2.24) is 10.6 Å². The summed E-state index contributed by atoms with van der Waals surface area (Å²) in [5.74, 6) is 1.89. The van der Waals surface area contributed by atoms with Crippen LogP contribution in [0.4, 0.5) is 0 Å². The van der Waals surface area contributed by atoms with Crippen molar-refractivity contribution in [3.05, 3.63) is 0 Å². The van der Waals surface area contributed by atoms with Gasteiger partial charge in [-0.1, -0.05) is 38.5 Å². The average Bonchev–Trinajstić information content (AvgIpc) is 2.90. The maximum Gasteiger partial charge on any atom is 0.191 e. The number of guanidine groups is 1. The Labute approximate surface area is 141 Å². The number of halogens is 1. The maximum atomic E-state index is 5.10. The molecule has 0 aromatic carbocycles. The summed E-state index contributed by atoms with van der Waals surface area (Å²) in [5.41, 5.74) is 0. The molecule has 1 unspecified atom stereocenters. The molecule has 0 aromatic heterocycles. The van der Waals surface area contributed by atoms with Gasteiger partial charge < -0.3 is 15.4 Å². The van der Waals surface area contributed by atoms with Crippen molar-refractivity contribution in [3.63, 3.8) is 0 Å². The number of ether oxygens (including phenoxy) is 1. The third kappa shape index (κ3) is 9.00. The molecule has 1 aliphatic carbocycles. The molecule has 0 aliphatic heterocycles. The van der Waals surface area contributed by atoms with Crippen LogP contribution in [0.1, 0.15) is 51.9 Å². The van der Waals surface area contributed by atoms with Crippen LogP contribution in [0.15, 0.2) is 4.99 Å². The van der Waals surface area contributed by atoms with E-state index < -0.39 is 0 Å². The van der Waals surface area contributed by atoms with E-state index in [9.17, 15) is 0 Å². The van der Waals surface area contributed by atoms with Gasteiger partial charge in [-0.15, -0.1) is 24.0 Å². The monoisotopic (exact) mass is 397 g/mol. The second-order valence-electron chi connectivity index (χ2n) is 5.65. The van der Waals surface area contributed by atoms with Crippen molar-refractivity contribution in [1.29, 1.82) is 0 Å². The summed E-state index contributed by atoms with van der Waals surface area (Å²) in [4.78, 5) is 4.22. The summed E-state index contributed by atoms with van der Waals surface area (Å²) >= 11 is 0. The molecule has 1 aliphatic rings. The highest BCUT2D eigenvalue weighted by atomic mass is 127. The number of hydrogen-bond acceptors (Lipinski definition) is 2. The second kappa shape index (κ2) is 12.7. The van der Waals surface area contributed by atoms with Gasteiger partial charge in [-0.05, 0) is 19.3 Å². The summed E-state index contributed by atoms with van der Waals surface area (Å²) in [5, 5.41) is 6.68. The summed E-state index contributed by atoms with van der Waals surface area (Å²) < 4.78 is 5.10. The topological polar surface area (TPSA) is 45.7 Å². The largest absolute Gasteiger partial charge is 0.383 e. The number of nitrogens with one attached hydrogen (secondary N) is 2. The molecular formula is C15H32IN3O. The standard InChI is InChI=1S/C15H31N3O.HI/c1-13(12-19-3)18-15(16-2)17-11-7-6-10-14-8-4-5-9-14;/h13-14H,4-12H2,1-3H3,(H2,16,17,18);1H. The Morgan fingerprint density at radius 3 is 2.60 bits per heavy atom. The van der Waals surface area contributed by atoms with Crippen LogP contribution in [0.3, 0.4) is 0 Å². The first-order chi connectivity index (χ1) is 9.26. The number of aliphatic imine (C=N–C) groups is 1. The van der Waals surface area contributed by atoms with E-state index in [4.69, 9.17) is 4.74 Å². The Hall–Kier alpha value is -0.0400. The minimum absolute atomic E-state index is 0. The Morgan fingerprint density at radius 1 is 1.30 bits per heavy atom. The Kier molecular flexibility index (Phi) is 12.7. The normalized spacial score (nSPS) is 17.6. The summed E-state index contributed by atoms with van der Waals surface area (Å²) in [6, 6.07) is 0.287. The van der Waals surface area contributed by atoms with Gasteiger partial charge in [0.15, 0.2) is 5.96 Å². The molecule has 0 amide bonds. The fourth-order valence-electron chi connectivity index (χ4n) is 2.78. The second-order valence-corrected chi connectivity index (χ2v) is 5.65. The van der Waals surface area contributed by atoms with Gasteiger partial charge in [0.25, 0.3) is 0 Å². The van der Waals surface area contributed by atoms with E-state index in [2.05, 4.69) is 22.5 Å². The van der Waals surface area contributed by atoms with Gasteiger partial charge in [0.2, 0.25) is 0 Å². The van der Waals surface area contributed by atoms with Crippen LogP contribution in [0.2, 0.25) is 0 Å². The summed E-state index contributed by atoms with van der Waals surface area (Å²) in [7, 11) is 3.53. The molecule has 120 valence electrons. The van der Waals surface area contributed by atoms with Crippen molar-refractivity contribution < 1.29 is 4.74 Å². The van der Waals surface area contributed by atoms with Crippen LogP contribution in [-0.4, -0.2) is 39.3 Å². The van der Waals surface area contributed by atoms with Gasteiger partial charge >= 0.3 is 0 Å². The number of hydrogen-bond donors (Lipinski definition) is 2. The molecule has 0 radical (unpaired) electrons. The lowest BCUT2D eigenvalue weighted by atomic mass is 10.0. The van der Waals surface area contributed by atoms with Crippen LogP contribution in [0, 0.1) is 5.92 Å². The van der Waals surface area contributed by atoms with Crippen molar-refractivity contribution in [2.24, 2.45) is 10.9 Å². The zero-order chi connectivity index (χ0) is 13.9. The Bertz CT molecular complexity index is 256. The highest BCUT2D eigenvalue weighted by molar-refractivity contribution is 14.0. The molecule has 1 fully saturated rings. The SMILES string of the molecule is CN=C(NCCCCC1CCCC1)NC(C)COC.I. The maximum absolute atomic E-state index is 5.10. The summed E-state index contributed by atoms with van der Waals surface area (Å²) in [6.07, 6.45) is 9.82. The molecule has 4 nitrogen and oxygen atoms in total. The average molecular weight is 397 g/mol. The number of rotatable bonds is 8. The molecule has 0 heterocycles. The zero-order valence-corrected chi connectivity index (χ0v) is 15.6. The van der Waals surface area contributed by atoms with Crippen molar-refractivity contribution in [3.8, 4) is 0 Å². The van der Waals surface area contributed by atoms with E-state index in [-0.39, 0.29) is 30.0 Å². The van der Waals surface area contributed by atoms with Crippen LogP contribution in [0.25, 0.3) is 0 Å². The lowest BCUT2D eigenvalue weighted by molar-refractivity contribution is 0.179. The fourth-order valence-corrected chi connectivity index (χ4v) is 2.78. The first-order valence-corrected chi connectivity index (χ1v) is 7.72. The molecule has 2 N–H and O–H groups in total. The van der Waals surface area contributed by atoms with Gasteiger partial charge in [-0.3, -0.25) is 4.99 Å². The Balaban J connectivity index is 0.00000361. The first kappa shape index (κ1) is 20.0. The predicted octanol–water partition coefficient (Wildman–Crippen LogP) is 3.16. The van der Waals surface area contributed by atoms with E-state index in [1.165, 1.54) is 44.9 Å². The minimum Gasteiger partial charge on any atom is -0.383 e. The fraction of sp³-hybridized carbons (Fsp3) is 0.933. The van der Waals surface area contributed by atoms with Crippen molar-refractivity contribution in [2.45, 2.75) is 57.9 Å². The minimum atomic E-state index is 0. The smallest absolute Gasteiger partial charge is 0.191 e. The quantitative estimate of drug-likeness (QED) is 0.286. The number of unbranched alkanes of at least 4 members (excludes halogenated alkanes) is 1. The number of methoxy groups -OCH3 is 1. The van der Waals surface area contributed by atoms with E-state index in [0.717, 1.165) is 18.4 Å². The molecule has 5 heteroatoms. The van der Waals surface area contributed by atoms with Crippen LogP contribution < -0.4 is 10.6 Å². The van der Waals surface area contributed by atoms with Gasteiger partial charge in [0.1, 0.15) is 0 Å². The van der Waals surface area contributed by atoms with Crippen LogP contribution in [0.5, 0.6) is 0 Å². The third-order valence-electron chi connectivity index (χ3n) is 3.83. The Morgan fingerprint density at radius 2 is 2.00 bits per heavy atom. The molecule has 1 atom stereocenters. The van der Waals surface area contributed by atoms with Gasteiger partial charge in [0, 0.05) is 26.7 Å². The molecule has 0 aromatic rings. The highest BCUT2D eigenvalue weighted by Crippen LogP contribution is 2.28. The van der Waals surface area contributed by atoms with E-state index >= 15 is 0 Å². The molecule has 20 heavy (non-hydrogen) atoms. The van der Waals surface area contributed by atoms with Crippen LogP contribution >= 0.6 is 24.0 Å². The lowest BCUT2D eigenvalue weighted by Crippen LogP contribution is -2.44. The van der Waals surface area contributed by atoms with E-state index in [1.54, 1.807) is 7.11 Å². The van der Waals surface area contributed by atoms with E-state index in [1.807, 2.05) is 7.05 Å². The molecule has 1 saturated carbocycles. The molecule has 1 rings (SSSR count). The third-order valence-corrected chi connectivity index (χ3v) is 3.83.